The van der Waals surface area contributed by atoms with Gasteiger partial charge in [-0.3, -0.25) is 28.8 Å². The summed E-state index contributed by atoms with van der Waals surface area (Å²) < 4.78 is 0. The van der Waals surface area contributed by atoms with E-state index in [0.29, 0.717) is 36.1 Å². The number of aliphatic carboxylic acids is 1. The van der Waals surface area contributed by atoms with Gasteiger partial charge in [-0.05, 0) is 54.4 Å². The summed E-state index contributed by atoms with van der Waals surface area (Å²) in [6.07, 6.45) is 4.34. The minimum absolute atomic E-state index is 0.00485. The molecule has 1 aromatic heterocycles. The first-order chi connectivity index (χ1) is 29.5. The number of benzene rings is 2. The number of hydrogen-bond acceptors (Lipinski definition) is 10. The maximum atomic E-state index is 14.4. The molecule has 336 valence electrons. The van der Waals surface area contributed by atoms with Crippen molar-refractivity contribution < 1.29 is 43.8 Å². The normalized spacial score (nSPS) is 17.1. The molecule has 0 radical (unpaired) electrons. The molecular weight excluding hydrogens is 799 g/mol. The van der Waals surface area contributed by atoms with Crippen LogP contribution in [-0.2, 0) is 52.8 Å². The van der Waals surface area contributed by atoms with Crippen LogP contribution in [0.5, 0.6) is 5.75 Å². The van der Waals surface area contributed by atoms with Gasteiger partial charge in [-0.2, -0.15) is 0 Å². The van der Waals surface area contributed by atoms with Crippen molar-refractivity contribution in [3.63, 3.8) is 0 Å². The van der Waals surface area contributed by atoms with Gasteiger partial charge in [0, 0.05) is 37.7 Å². The number of nitrogens with zero attached hydrogens (tertiary/aromatic N) is 2. The molecule has 4 rings (SSSR count). The second-order valence-electron chi connectivity index (χ2n) is 16.2. The number of aromatic amines is 1. The fourth-order valence-corrected chi connectivity index (χ4v) is 7.17. The summed E-state index contributed by atoms with van der Waals surface area (Å²) in [6.45, 7) is 8.95. The second-order valence-corrected chi connectivity index (χ2v) is 16.2. The first kappa shape index (κ1) is 48.4. The lowest BCUT2D eigenvalue weighted by Gasteiger charge is -2.32. The zero-order valence-electron chi connectivity index (χ0n) is 35.9. The lowest BCUT2D eigenvalue weighted by atomic mass is 9.96. The number of carbonyl (C=O) groups excluding carboxylic acids is 6. The van der Waals surface area contributed by atoms with E-state index in [1.54, 1.807) is 70.2 Å². The number of carbonyl (C=O) groups is 7. The highest BCUT2D eigenvalue weighted by molar-refractivity contribution is 5.97. The first-order valence-corrected chi connectivity index (χ1v) is 21.1. The van der Waals surface area contributed by atoms with Gasteiger partial charge in [0.05, 0.1) is 12.4 Å². The first-order valence-electron chi connectivity index (χ1n) is 21.1. The van der Waals surface area contributed by atoms with E-state index < -0.39 is 95.5 Å². The Morgan fingerprint density at radius 2 is 1.37 bits per heavy atom. The summed E-state index contributed by atoms with van der Waals surface area (Å²) in [6, 6.07) is 7.04. The Morgan fingerprint density at radius 3 is 1.97 bits per heavy atom. The summed E-state index contributed by atoms with van der Waals surface area (Å²) in [5.41, 5.74) is 7.71. The number of carboxylic acids is 1. The standard InChI is InChI=1S/C44H61N9O9/c1-6-26(5)37(52-39(56)32(20-28-15-17-30(54)18-16-28)48-41(58)36(25(3)4)51-38(55)31(45)7-2)42(59)49-33(22-29-23-46-24-47-29)43(60)53-19-11-14-35(53)40(57)50-34(44(61)62)21-27-12-9-8-10-13-27/h8-10,12-13,15-18,23-26,31-37,54H,6-7,11,14,19-22,45H2,1-5H3,(H,46,47)(H,48,58)(H,49,59)(H,50,57)(H,51,55)(H,52,56)(H,61,62). The fourth-order valence-electron chi connectivity index (χ4n) is 7.17. The van der Waals surface area contributed by atoms with Crippen molar-refractivity contribution in [1.82, 2.24) is 41.5 Å². The van der Waals surface area contributed by atoms with Crippen LogP contribution in [0.2, 0.25) is 0 Å². The molecular formula is C44H61N9O9. The number of H-pyrrole nitrogens is 1. The van der Waals surface area contributed by atoms with Crippen LogP contribution in [0.3, 0.4) is 0 Å². The number of likely N-dealkylation sites (tertiary alicyclic amines) is 1. The average molecular weight is 860 g/mol. The van der Waals surface area contributed by atoms with Gasteiger partial charge in [-0.15, -0.1) is 0 Å². The third-order valence-electron chi connectivity index (χ3n) is 11.2. The molecule has 1 fully saturated rings. The minimum Gasteiger partial charge on any atom is -0.508 e. The number of aromatic hydroxyl groups is 1. The van der Waals surface area contributed by atoms with Crippen molar-refractivity contribution in [1.29, 1.82) is 0 Å². The van der Waals surface area contributed by atoms with Crippen LogP contribution >= 0.6 is 0 Å². The van der Waals surface area contributed by atoms with E-state index in [4.69, 9.17) is 5.73 Å². The predicted molar refractivity (Wildman–Crippen MR) is 229 cm³/mol. The molecule has 1 aliphatic heterocycles. The highest BCUT2D eigenvalue weighted by Gasteiger charge is 2.41. The van der Waals surface area contributed by atoms with Gasteiger partial charge in [0.1, 0.15) is 42.0 Å². The largest absolute Gasteiger partial charge is 0.508 e. The molecule has 1 aliphatic rings. The summed E-state index contributed by atoms with van der Waals surface area (Å²) in [5.74, 6) is -5.92. The van der Waals surface area contributed by atoms with Crippen LogP contribution in [0.1, 0.15) is 77.1 Å². The molecule has 2 heterocycles. The number of carboxylic acid groups (broad SMARTS) is 1. The molecule has 18 heteroatoms. The Morgan fingerprint density at radius 1 is 0.758 bits per heavy atom. The molecule has 2 aromatic carbocycles. The molecule has 10 N–H and O–H groups in total. The molecule has 8 unspecified atom stereocenters. The van der Waals surface area contributed by atoms with Crippen molar-refractivity contribution in [2.24, 2.45) is 17.6 Å². The van der Waals surface area contributed by atoms with Crippen LogP contribution < -0.4 is 32.3 Å². The minimum atomic E-state index is -1.26. The Hall–Kier alpha value is -6.30. The van der Waals surface area contributed by atoms with Crippen molar-refractivity contribution in [2.45, 2.75) is 122 Å². The maximum Gasteiger partial charge on any atom is 0.326 e. The molecule has 8 atom stereocenters. The SMILES string of the molecule is CCC(N)C(=O)NC(C(=O)NC(Cc1ccc(O)cc1)C(=O)NC(C(=O)NC(Cc1cnc[nH]1)C(=O)N1CCCC1C(=O)NC(Cc1ccccc1)C(=O)O)C(C)CC)C(C)C. The van der Waals surface area contributed by atoms with Gasteiger partial charge in [-0.1, -0.05) is 83.5 Å². The summed E-state index contributed by atoms with van der Waals surface area (Å²) in [7, 11) is 0. The summed E-state index contributed by atoms with van der Waals surface area (Å²) in [4.78, 5) is 104. The van der Waals surface area contributed by atoms with Gasteiger partial charge in [0.25, 0.3) is 0 Å². The molecule has 62 heavy (non-hydrogen) atoms. The van der Waals surface area contributed by atoms with E-state index in [-0.39, 0.29) is 38.0 Å². The molecule has 18 nitrogen and oxygen atoms in total. The van der Waals surface area contributed by atoms with Crippen molar-refractivity contribution in [2.75, 3.05) is 6.54 Å². The number of rotatable bonds is 22. The number of amides is 6. The zero-order chi connectivity index (χ0) is 45.5. The smallest absolute Gasteiger partial charge is 0.326 e. The van der Waals surface area contributed by atoms with Crippen LogP contribution in [-0.4, -0.2) is 115 Å². The molecule has 0 bridgehead atoms. The molecule has 3 aromatic rings. The highest BCUT2D eigenvalue weighted by Crippen LogP contribution is 2.21. The lowest BCUT2D eigenvalue weighted by Crippen LogP contribution is -2.61. The third-order valence-corrected chi connectivity index (χ3v) is 11.2. The quantitative estimate of drug-likeness (QED) is 0.0690. The second kappa shape index (κ2) is 23.1. The van der Waals surface area contributed by atoms with Crippen molar-refractivity contribution >= 4 is 41.4 Å². The Labute approximate surface area is 361 Å². The van der Waals surface area contributed by atoms with Crippen LogP contribution in [0.25, 0.3) is 0 Å². The molecule has 6 amide bonds. The van der Waals surface area contributed by atoms with Gasteiger partial charge >= 0.3 is 5.97 Å². The van der Waals surface area contributed by atoms with Gasteiger partial charge in [-0.25, -0.2) is 9.78 Å². The van der Waals surface area contributed by atoms with Crippen LogP contribution in [0.4, 0.5) is 0 Å². The maximum absolute atomic E-state index is 14.4. The number of nitrogens with one attached hydrogen (secondary N) is 6. The number of hydrogen-bond donors (Lipinski definition) is 9. The van der Waals surface area contributed by atoms with Gasteiger partial charge in [0.2, 0.25) is 35.4 Å². The van der Waals surface area contributed by atoms with E-state index in [9.17, 15) is 43.8 Å². The number of aromatic nitrogens is 2. The Balaban J connectivity index is 1.57. The number of phenolic OH excluding ortho intramolecular Hbond substituents is 1. The molecule has 1 saturated heterocycles. The van der Waals surface area contributed by atoms with Crippen molar-refractivity contribution in [3.8, 4) is 5.75 Å². The number of phenols is 1. The lowest BCUT2D eigenvalue weighted by molar-refractivity contribution is -0.145. The predicted octanol–water partition coefficient (Wildman–Crippen LogP) is 1.08. The summed E-state index contributed by atoms with van der Waals surface area (Å²) in [5, 5.41) is 33.5. The van der Waals surface area contributed by atoms with E-state index in [1.807, 2.05) is 6.92 Å². The Kier molecular flexibility index (Phi) is 18.0. The molecule has 0 saturated carbocycles. The summed E-state index contributed by atoms with van der Waals surface area (Å²) >= 11 is 0. The van der Waals surface area contributed by atoms with Crippen molar-refractivity contribution in [3.05, 3.63) is 83.9 Å². The van der Waals surface area contributed by atoms with E-state index in [1.165, 1.54) is 29.6 Å². The molecule has 0 spiro atoms. The Bertz CT molecular complexity index is 1980. The number of imidazole rings is 1. The van der Waals surface area contributed by atoms with Gasteiger partial charge in [0.15, 0.2) is 0 Å². The average Bonchev–Trinajstić information content (AvgIpc) is 3.97. The van der Waals surface area contributed by atoms with Crippen LogP contribution in [0, 0.1) is 11.8 Å². The zero-order valence-corrected chi connectivity index (χ0v) is 35.9. The number of nitrogens with two attached hydrogens (primary N) is 1. The highest BCUT2D eigenvalue weighted by atomic mass is 16.4. The van der Waals surface area contributed by atoms with Gasteiger partial charge < -0.3 is 52.4 Å². The van der Waals surface area contributed by atoms with E-state index in [2.05, 4.69) is 36.6 Å². The van der Waals surface area contributed by atoms with E-state index >= 15 is 0 Å². The third kappa shape index (κ3) is 13.6. The topological polar surface area (TPSA) is 278 Å². The monoisotopic (exact) mass is 859 g/mol. The molecule has 0 aliphatic carbocycles. The van der Waals surface area contributed by atoms with E-state index in [0.717, 1.165) is 0 Å². The fraction of sp³-hybridized carbons (Fsp3) is 0.500. The van der Waals surface area contributed by atoms with Crippen LogP contribution in [0.15, 0.2) is 67.1 Å².